The Labute approximate surface area is 203 Å². The van der Waals surface area contributed by atoms with Gasteiger partial charge in [-0.3, -0.25) is 4.72 Å². The molecule has 2 aliphatic heterocycles. The molecule has 2 fully saturated rings. The molecule has 2 aliphatic rings. The van der Waals surface area contributed by atoms with E-state index in [4.69, 9.17) is 27.9 Å². The van der Waals surface area contributed by atoms with Crippen LogP contribution in [0.2, 0.25) is 10.0 Å². The van der Waals surface area contributed by atoms with E-state index in [9.17, 15) is 12.8 Å². The number of nitrogens with one attached hydrogen (secondary N) is 1. The molecule has 0 aliphatic carbocycles. The number of methoxy groups -OCH3 is 1. The van der Waals surface area contributed by atoms with E-state index in [1.807, 2.05) is 0 Å². The molecule has 2 aromatic rings. The molecule has 1 aromatic heterocycles. The Morgan fingerprint density at radius 1 is 1.27 bits per heavy atom. The highest BCUT2D eigenvalue weighted by Gasteiger charge is 2.41. The first-order valence-corrected chi connectivity index (χ1v) is 13.0. The average Bonchev–Trinajstić information content (AvgIpc) is 3.35. The number of aromatic nitrogens is 1. The molecule has 0 spiro atoms. The van der Waals surface area contributed by atoms with Crippen LogP contribution in [0, 0.1) is 11.9 Å². The standard InChI is InChI=1S/C22H27Cl2FN4O3S/c1-15-6-8-28(12-15)13-22(32-2)7-9-29(14-22)18-10-17(24)19(11-16(18)23)33(30,31)27-21-5-3-4-20(25)26-21/h3-5,10-11,15H,6-9,12-14H2,1-2H3,(H,26,27)/t15-,22-/m1/s1. The zero-order chi connectivity index (χ0) is 23.8. The minimum absolute atomic E-state index is 0.0154. The van der Waals surface area contributed by atoms with Crippen molar-refractivity contribution in [1.82, 2.24) is 9.88 Å². The van der Waals surface area contributed by atoms with Gasteiger partial charge in [-0.2, -0.15) is 4.39 Å². The van der Waals surface area contributed by atoms with E-state index in [2.05, 4.69) is 26.4 Å². The Kier molecular flexibility index (Phi) is 7.08. The maximum Gasteiger partial charge on any atom is 0.264 e. The summed E-state index contributed by atoms with van der Waals surface area (Å²) in [5.74, 6) is -0.254. The summed E-state index contributed by atoms with van der Waals surface area (Å²) in [4.78, 5) is 7.84. The number of halogens is 3. The van der Waals surface area contributed by atoms with Gasteiger partial charge in [-0.25, -0.2) is 13.4 Å². The van der Waals surface area contributed by atoms with E-state index in [-0.39, 0.29) is 26.4 Å². The summed E-state index contributed by atoms with van der Waals surface area (Å²) in [7, 11) is -2.38. The van der Waals surface area contributed by atoms with Crippen molar-refractivity contribution < 1.29 is 17.5 Å². The average molecular weight is 517 g/mol. The van der Waals surface area contributed by atoms with Crippen LogP contribution in [-0.4, -0.2) is 63.7 Å². The second-order valence-electron chi connectivity index (χ2n) is 8.87. The first-order chi connectivity index (χ1) is 15.6. The largest absolute Gasteiger partial charge is 0.375 e. The minimum Gasteiger partial charge on any atom is -0.375 e. The molecule has 1 aromatic carbocycles. The molecule has 180 valence electrons. The Balaban J connectivity index is 1.53. The van der Waals surface area contributed by atoms with Crippen molar-refractivity contribution >= 4 is 44.7 Å². The number of pyridine rings is 1. The van der Waals surface area contributed by atoms with Gasteiger partial charge in [0.05, 0.1) is 21.3 Å². The van der Waals surface area contributed by atoms with Crippen LogP contribution in [0.1, 0.15) is 19.8 Å². The molecule has 1 N–H and O–H groups in total. The number of rotatable bonds is 7. The first-order valence-electron chi connectivity index (χ1n) is 10.8. The summed E-state index contributed by atoms with van der Waals surface area (Å²) < 4.78 is 47.2. The van der Waals surface area contributed by atoms with Crippen LogP contribution in [0.5, 0.6) is 0 Å². The van der Waals surface area contributed by atoms with Crippen molar-refractivity contribution in [3.63, 3.8) is 0 Å². The van der Waals surface area contributed by atoms with Gasteiger partial charge >= 0.3 is 0 Å². The second-order valence-corrected chi connectivity index (χ2v) is 11.3. The molecule has 33 heavy (non-hydrogen) atoms. The summed E-state index contributed by atoms with van der Waals surface area (Å²) in [6.07, 6.45) is 2.02. The Morgan fingerprint density at radius 3 is 2.73 bits per heavy atom. The predicted molar refractivity (Wildman–Crippen MR) is 128 cm³/mol. The van der Waals surface area contributed by atoms with E-state index in [0.717, 1.165) is 32.1 Å². The van der Waals surface area contributed by atoms with Gasteiger partial charge in [0.2, 0.25) is 5.95 Å². The van der Waals surface area contributed by atoms with Crippen LogP contribution < -0.4 is 9.62 Å². The number of sulfonamides is 1. The highest BCUT2D eigenvalue weighted by atomic mass is 35.5. The van der Waals surface area contributed by atoms with E-state index in [1.165, 1.54) is 24.6 Å². The summed E-state index contributed by atoms with van der Waals surface area (Å²) in [5, 5.41) is 0.273. The van der Waals surface area contributed by atoms with Gasteiger partial charge in [0.25, 0.3) is 10.0 Å². The topological polar surface area (TPSA) is 74.8 Å². The smallest absolute Gasteiger partial charge is 0.264 e. The van der Waals surface area contributed by atoms with E-state index in [0.29, 0.717) is 24.7 Å². The van der Waals surface area contributed by atoms with E-state index >= 15 is 0 Å². The number of hydrogen-bond acceptors (Lipinski definition) is 6. The lowest BCUT2D eigenvalue weighted by Crippen LogP contribution is -2.46. The number of anilines is 2. The summed E-state index contributed by atoms with van der Waals surface area (Å²) in [6, 6.07) is 6.70. The van der Waals surface area contributed by atoms with Gasteiger partial charge in [0.15, 0.2) is 0 Å². The quantitative estimate of drug-likeness (QED) is 0.554. The van der Waals surface area contributed by atoms with Crippen LogP contribution in [0.3, 0.4) is 0 Å². The second kappa shape index (κ2) is 9.54. The lowest BCUT2D eigenvalue weighted by molar-refractivity contribution is -0.0156. The summed E-state index contributed by atoms with van der Waals surface area (Å²) in [6.45, 7) is 6.58. The van der Waals surface area contributed by atoms with Crippen molar-refractivity contribution in [2.24, 2.45) is 5.92 Å². The van der Waals surface area contributed by atoms with Crippen LogP contribution in [0.25, 0.3) is 0 Å². The Morgan fingerprint density at radius 2 is 2.06 bits per heavy atom. The van der Waals surface area contributed by atoms with Crippen LogP contribution in [-0.2, 0) is 14.8 Å². The fourth-order valence-corrected chi connectivity index (χ4v) is 6.51. The molecular formula is C22H27Cl2FN4O3S. The van der Waals surface area contributed by atoms with Gasteiger partial charge in [-0.15, -0.1) is 0 Å². The molecule has 0 saturated carbocycles. The van der Waals surface area contributed by atoms with Crippen molar-refractivity contribution in [2.75, 3.05) is 49.5 Å². The molecule has 2 atom stereocenters. The van der Waals surface area contributed by atoms with E-state index in [1.54, 1.807) is 13.2 Å². The van der Waals surface area contributed by atoms with E-state index < -0.39 is 16.0 Å². The first kappa shape index (κ1) is 24.5. The van der Waals surface area contributed by atoms with Crippen molar-refractivity contribution in [1.29, 1.82) is 0 Å². The molecule has 11 heteroatoms. The fourth-order valence-electron chi connectivity index (χ4n) is 4.61. The molecular weight excluding hydrogens is 490 g/mol. The van der Waals surface area contributed by atoms with Gasteiger partial charge in [-0.05, 0) is 49.6 Å². The van der Waals surface area contributed by atoms with Crippen molar-refractivity contribution in [3.05, 3.63) is 46.3 Å². The summed E-state index contributed by atoms with van der Waals surface area (Å²) >= 11 is 12.9. The highest BCUT2D eigenvalue weighted by Crippen LogP contribution is 2.39. The maximum absolute atomic E-state index is 13.3. The SMILES string of the molecule is CO[C@@]1(CN2CC[C@@H](C)C2)CCN(c2cc(Cl)c(S(=O)(=O)Nc3cccc(F)n3)cc2Cl)C1. The van der Waals surface area contributed by atoms with Gasteiger partial charge in [-0.1, -0.05) is 36.2 Å². The number of hydrogen-bond donors (Lipinski definition) is 1. The third-order valence-corrected chi connectivity index (χ3v) is 8.48. The molecule has 0 bridgehead atoms. The molecule has 3 heterocycles. The third kappa shape index (κ3) is 5.38. The predicted octanol–water partition coefficient (Wildman–Crippen LogP) is 4.27. The monoisotopic (exact) mass is 516 g/mol. The van der Waals surface area contributed by atoms with Crippen molar-refractivity contribution in [2.45, 2.75) is 30.3 Å². The van der Waals surface area contributed by atoms with Crippen LogP contribution in [0.15, 0.2) is 35.2 Å². The lowest BCUT2D eigenvalue weighted by Gasteiger charge is -2.33. The zero-order valence-corrected chi connectivity index (χ0v) is 20.9. The van der Waals surface area contributed by atoms with Crippen LogP contribution >= 0.6 is 23.2 Å². The highest BCUT2D eigenvalue weighted by molar-refractivity contribution is 7.92. The zero-order valence-electron chi connectivity index (χ0n) is 18.5. The number of nitrogens with zero attached hydrogens (tertiary/aromatic N) is 3. The lowest BCUT2D eigenvalue weighted by atomic mass is 10.0. The Bertz CT molecular complexity index is 1140. The molecule has 7 nitrogen and oxygen atoms in total. The summed E-state index contributed by atoms with van der Waals surface area (Å²) in [5.41, 5.74) is 0.327. The Hall–Kier alpha value is -1.65. The minimum atomic E-state index is -4.12. The number of likely N-dealkylation sites (tertiary alicyclic amines) is 1. The maximum atomic E-state index is 13.3. The molecule has 4 rings (SSSR count). The number of ether oxygens (including phenoxy) is 1. The molecule has 0 amide bonds. The van der Waals surface area contributed by atoms with Crippen molar-refractivity contribution in [3.8, 4) is 0 Å². The molecule has 0 unspecified atom stereocenters. The molecule has 2 saturated heterocycles. The van der Waals surface area contributed by atoms with Gasteiger partial charge < -0.3 is 14.5 Å². The third-order valence-electron chi connectivity index (χ3n) is 6.35. The number of benzene rings is 1. The fraction of sp³-hybridized carbons (Fsp3) is 0.500. The van der Waals surface area contributed by atoms with Crippen LogP contribution in [0.4, 0.5) is 15.9 Å². The molecule has 0 radical (unpaired) electrons. The normalized spacial score (nSPS) is 23.9. The van der Waals surface area contributed by atoms with Gasteiger partial charge in [0, 0.05) is 33.3 Å². The van der Waals surface area contributed by atoms with Gasteiger partial charge in [0.1, 0.15) is 10.7 Å².